The predicted molar refractivity (Wildman–Crippen MR) is 69.3 cm³/mol. The van der Waals surface area contributed by atoms with E-state index in [1.807, 2.05) is 18.2 Å². The third kappa shape index (κ3) is 1.59. The Labute approximate surface area is 101 Å². The van der Waals surface area contributed by atoms with E-state index in [0.717, 1.165) is 11.3 Å². The third-order valence-corrected chi connectivity index (χ3v) is 3.21. The zero-order chi connectivity index (χ0) is 11.9. The van der Waals surface area contributed by atoms with Crippen LogP contribution in [0.2, 0.25) is 0 Å². The summed E-state index contributed by atoms with van der Waals surface area (Å²) in [6.07, 6.45) is 0. The first kappa shape index (κ1) is 10.3. The minimum absolute atomic E-state index is 0.234. The van der Waals surface area contributed by atoms with E-state index in [1.54, 1.807) is 0 Å². The summed E-state index contributed by atoms with van der Waals surface area (Å²) < 4.78 is 6.12. The van der Waals surface area contributed by atoms with Gasteiger partial charge in [0.25, 0.3) is 0 Å². The van der Waals surface area contributed by atoms with Gasteiger partial charge in [-0.05, 0) is 24.3 Å². The third-order valence-electron chi connectivity index (χ3n) is 3.21. The zero-order valence-corrected chi connectivity index (χ0v) is 10.1. The number of rotatable bonds is 1. The molecule has 0 atom stereocenters. The highest BCUT2D eigenvalue weighted by atomic mass is 16.4. The molecule has 1 aliphatic rings. The molecule has 3 rings (SSSR count). The van der Waals surface area contributed by atoms with Crippen LogP contribution in [-0.2, 0) is 5.60 Å². The van der Waals surface area contributed by atoms with Crippen LogP contribution in [0.15, 0.2) is 54.6 Å². The van der Waals surface area contributed by atoms with Gasteiger partial charge in [-0.2, -0.15) is 0 Å². The predicted octanol–water partition coefficient (Wildman–Crippen LogP) is 3.70. The van der Waals surface area contributed by atoms with Crippen LogP contribution in [0.4, 0.5) is 0 Å². The molecule has 0 saturated carbocycles. The average molecular weight is 223 g/mol. The summed E-state index contributed by atoms with van der Waals surface area (Å²) in [5.74, 6) is 0.992. The lowest BCUT2D eigenvalue weighted by Crippen LogP contribution is -2.10. The van der Waals surface area contributed by atoms with Crippen LogP contribution in [0.1, 0.15) is 35.0 Å². The van der Waals surface area contributed by atoms with Crippen LogP contribution in [-0.4, -0.2) is 5.78 Å². The summed E-state index contributed by atoms with van der Waals surface area (Å²) in [4.78, 5) is 0. The second kappa shape index (κ2) is 3.56. The summed E-state index contributed by atoms with van der Waals surface area (Å²) >= 11 is 0. The number of fused-ring (bicyclic) bond motifs is 1. The molecule has 0 fully saturated rings. The Bertz CT molecular complexity index is 579. The molecule has 0 unspecified atom stereocenters. The fraction of sp³-hybridized carbons (Fsp3) is 0.188. The SMILES string of the molecule is CC1(C)[O+]=C(c2ccccc2)c2ccccc21. The van der Waals surface area contributed by atoms with Crippen LogP contribution >= 0.6 is 0 Å². The van der Waals surface area contributed by atoms with Gasteiger partial charge < -0.3 is 0 Å². The summed E-state index contributed by atoms with van der Waals surface area (Å²) in [5.41, 5.74) is 3.38. The van der Waals surface area contributed by atoms with Crippen molar-refractivity contribution in [2.24, 2.45) is 0 Å². The second-order valence-electron chi connectivity index (χ2n) is 4.85. The van der Waals surface area contributed by atoms with Crippen molar-refractivity contribution in [2.45, 2.75) is 19.4 Å². The number of carbonyl (C=O) groups excluding carboxylic acids is 1. The van der Waals surface area contributed by atoms with Crippen molar-refractivity contribution < 1.29 is 4.42 Å². The summed E-state index contributed by atoms with van der Waals surface area (Å²) in [7, 11) is 0. The molecule has 2 aromatic rings. The van der Waals surface area contributed by atoms with Gasteiger partial charge in [0.1, 0.15) is 0 Å². The van der Waals surface area contributed by atoms with Gasteiger partial charge in [-0.1, -0.05) is 30.3 Å². The summed E-state index contributed by atoms with van der Waals surface area (Å²) in [5, 5.41) is 0. The van der Waals surface area contributed by atoms with Gasteiger partial charge in [0, 0.05) is 13.8 Å². The molecule has 0 bridgehead atoms. The highest BCUT2D eigenvalue weighted by Gasteiger charge is 2.44. The topological polar surface area (TPSA) is 11.3 Å². The highest BCUT2D eigenvalue weighted by Crippen LogP contribution is 2.35. The first-order valence-electron chi connectivity index (χ1n) is 5.90. The molecule has 0 amide bonds. The number of hydrogen-bond donors (Lipinski definition) is 0. The van der Waals surface area contributed by atoms with Gasteiger partial charge in [0.05, 0.1) is 16.7 Å². The smallest absolute Gasteiger partial charge is 0.243 e. The normalized spacial score (nSPS) is 16.5. The molecule has 0 radical (unpaired) electrons. The van der Waals surface area contributed by atoms with Crippen molar-refractivity contribution in [1.82, 2.24) is 0 Å². The van der Waals surface area contributed by atoms with Crippen molar-refractivity contribution in [2.75, 3.05) is 0 Å². The molecule has 0 aliphatic carbocycles. The summed E-state index contributed by atoms with van der Waals surface area (Å²) in [6.45, 7) is 4.23. The Morgan fingerprint density at radius 3 is 2.24 bits per heavy atom. The summed E-state index contributed by atoms with van der Waals surface area (Å²) in [6, 6.07) is 18.7. The Kier molecular flexibility index (Phi) is 2.15. The lowest BCUT2D eigenvalue weighted by molar-refractivity contribution is -0.378. The quantitative estimate of drug-likeness (QED) is 0.653. The molecule has 0 saturated heterocycles. The first-order valence-corrected chi connectivity index (χ1v) is 5.90. The molecule has 0 aromatic heterocycles. The van der Waals surface area contributed by atoms with E-state index < -0.39 is 0 Å². The fourth-order valence-corrected chi connectivity index (χ4v) is 2.38. The lowest BCUT2D eigenvalue weighted by Gasteiger charge is -2.03. The van der Waals surface area contributed by atoms with Gasteiger partial charge in [-0.25, -0.2) is 4.42 Å². The monoisotopic (exact) mass is 223 g/mol. The molecule has 2 aromatic carbocycles. The molecule has 1 aliphatic heterocycles. The standard InChI is InChI=1S/C16H15O/c1-16(2)14-11-7-6-10-13(14)15(17-16)12-8-4-3-5-9-12/h3-11H,1-2H3/q+1. The van der Waals surface area contributed by atoms with Crippen molar-refractivity contribution in [3.8, 4) is 0 Å². The maximum atomic E-state index is 6.12. The van der Waals surface area contributed by atoms with Crippen molar-refractivity contribution in [3.05, 3.63) is 71.3 Å². The molecule has 0 N–H and O–H groups in total. The van der Waals surface area contributed by atoms with Crippen molar-refractivity contribution in [1.29, 1.82) is 0 Å². The van der Waals surface area contributed by atoms with Crippen LogP contribution in [0.25, 0.3) is 0 Å². The molecule has 1 heteroatoms. The largest absolute Gasteiger partial charge is 0.359 e. The molecule has 17 heavy (non-hydrogen) atoms. The van der Waals surface area contributed by atoms with E-state index in [2.05, 4.69) is 50.2 Å². The molecular weight excluding hydrogens is 208 g/mol. The Morgan fingerprint density at radius 1 is 0.824 bits per heavy atom. The van der Waals surface area contributed by atoms with Gasteiger partial charge in [-0.15, -0.1) is 0 Å². The van der Waals surface area contributed by atoms with E-state index in [-0.39, 0.29) is 5.60 Å². The Hall–Kier alpha value is -1.89. The van der Waals surface area contributed by atoms with Crippen molar-refractivity contribution >= 4 is 5.78 Å². The first-order chi connectivity index (χ1) is 8.18. The molecule has 84 valence electrons. The van der Waals surface area contributed by atoms with E-state index in [4.69, 9.17) is 4.42 Å². The van der Waals surface area contributed by atoms with E-state index >= 15 is 0 Å². The molecule has 1 heterocycles. The zero-order valence-electron chi connectivity index (χ0n) is 10.1. The van der Waals surface area contributed by atoms with Gasteiger partial charge in [0.2, 0.25) is 0 Å². The lowest BCUT2D eigenvalue weighted by atomic mass is 9.92. The van der Waals surface area contributed by atoms with Crippen LogP contribution in [0.3, 0.4) is 0 Å². The average Bonchev–Trinajstić information content (AvgIpc) is 2.64. The van der Waals surface area contributed by atoms with Crippen LogP contribution < -0.4 is 0 Å². The fourth-order valence-electron chi connectivity index (χ4n) is 2.38. The number of hydrogen-bond acceptors (Lipinski definition) is 0. The highest BCUT2D eigenvalue weighted by molar-refractivity contribution is 6.11. The van der Waals surface area contributed by atoms with E-state index in [1.165, 1.54) is 11.1 Å². The molecule has 0 spiro atoms. The minimum atomic E-state index is -0.234. The Balaban J connectivity index is 2.21. The molecular formula is C16H15O+. The second-order valence-corrected chi connectivity index (χ2v) is 4.85. The van der Waals surface area contributed by atoms with Crippen LogP contribution in [0, 0.1) is 0 Å². The van der Waals surface area contributed by atoms with Crippen molar-refractivity contribution in [3.63, 3.8) is 0 Å². The van der Waals surface area contributed by atoms with Gasteiger partial charge in [-0.3, -0.25) is 0 Å². The van der Waals surface area contributed by atoms with E-state index in [0.29, 0.717) is 0 Å². The number of ketones is 1. The van der Waals surface area contributed by atoms with Gasteiger partial charge >= 0.3 is 11.4 Å². The Morgan fingerprint density at radius 2 is 1.47 bits per heavy atom. The maximum absolute atomic E-state index is 6.12. The van der Waals surface area contributed by atoms with Gasteiger partial charge in [0.15, 0.2) is 0 Å². The minimum Gasteiger partial charge on any atom is -0.243 e. The van der Waals surface area contributed by atoms with Crippen LogP contribution in [0.5, 0.6) is 0 Å². The molecule has 1 nitrogen and oxygen atoms in total. The van der Waals surface area contributed by atoms with E-state index in [9.17, 15) is 0 Å². The maximum Gasteiger partial charge on any atom is 0.359 e. The number of benzene rings is 2.